The maximum absolute atomic E-state index is 14.9. The third-order valence-electron chi connectivity index (χ3n) is 10.1. The second-order valence-electron chi connectivity index (χ2n) is 13.4. The molecule has 0 bridgehead atoms. The summed E-state index contributed by atoms with van der Waals surface area (Å²) in [4.78, 5) is 70.3. The van der Waals surface area contributed by atoms with Crippen LogP contribution in [0.15, 0.2) is 30.3 Å². The van der Waals surface area contributed by atoms with Crippen LogP contribution in [0.1, 0.15) is 96.8 Å². The second-order valence-corrected chi connectivity index (χ2v) is 13.4. The van der Waals surface area contributed by atoms with Gasteiger partial charge in [-0.15, -0.1) is 0 Å². The van der Waals surface area contributed by atoms with Gasteiger partial charge in [-0.3, -0.25) is 19.2 Å². The predicted molar refractivity (Wildman–Crippen MR) is 177 cm³/mol. The minimum absolute atomic E-state index is 0.180. The molecule has 3 rings (SSSR count). The zero-order valence-corrected chi connectivity index (χ0v) is 27.4. The van der Waals surface area contributed by atoms with Gasteiger partial charge in [-0.25, -0.2) is 0 Å². The van der Waals surface area contributed by atoms with Crippen molar-refractivity contribution in [3.05, 3.63) is 30.3 Å². The van der Waals surface area contributed by atoms with Gasteiger partial charge in [-0.05, 0) is 69.5 Å². The van der Waals surface area contributed by atoms with Gasteiger partial charge in [0.05, 0.1) is 18.1 Å². The number of nitrogens with two attached hydrogens (primary N) is 4. The number of aldehydes is 1. The molecule has 256 valence electrons. The minimum atomic E-state index is -2.58. The number of amides is 1. The number of ether oxygens (including phenoxy) is 1. The number of nitrogens with one attached hydrogen (secondary N) is 1. The Kier molecular flexibility index (Phi) is 14.5. The summed E-state index contributed by atoms with van der Waals surface area (Å²) in [5.41, 5.74) is 20.2. The zero-order valence-electron chi connectivity index (χ0n) is 27.4. The molecule has 1 amide bonds. The van der Waals surface area contributed by atoms with Gasteiger partial charge in [0.2, 0.25) is 5.91 Å². The third kappa shape index (κ3) is 8.67. The maximum atomic E-state index is 14.9. The molecule has 0 radical (unpaired) electrons. The number of carbonyl (C=O) groups excluding carboxylic acids is 5. The fraction of sp³-hybridized carbons (Fsp3) is 0.686. The van der Waals surface area contributed by atoms with E-state index in [1.54, 1.807) is 30.3 Å². The summed E-state index contributed by atoms with van der Waals surface area (Å²) >= 11 is 0. The first-order valence-electron chi connectivity index (χ1n) is 17.1. The van der Waals surface area contributed by atoms with E-state index in [4.69, 9.17) is 27.7 Å². The molecule has 0 spiro atoms. The monoisotopic (exact) mass is 641 g/mol. The molecule has 0 aliphatic heterocycles. The maximum Gasteiger partial charge on any atom is 0.237 e. The SMILES string of the molecule is C[C@H](NC(=O)[C@@H](N)CCCCN)C(=O)C(C(=O)COc1ccccc1)(C1CCCCC1)[C@](N)(C=O)C(=O)[C@@H](N)CC1CCCCC1. The molecular weight excluding hydrogens is 586 g/mol. The van der Waals surface area contributed by atoms with Crippen molar-refractivity contribution in [2.75, 3.05) is 13.2 Å². The van der Waals surface area contributed by atoms with Crippen molar-refractivity contribution < 1.29 is 28.7 Å². The number of hydrogen-bond acceptors (Lipinski definition) is 10. The van der Waals surface area contributed by atoms with Crippen LogP contribution in [0.4, 0.5) is 0 Å². The molecule has 1 aromatic carbocycles. The van der Waals surface area contributed by atoms with Crippen LogP contribution >= 0.6 is 0 Å². The van der Waals surface area contributed by atoms with E-state index in [-0.39, 0.29) is 12.2 Å². The van der Waals surface area contributed by atoms with Crippen molar-refractivity contribution in [2.24, 2.45) is 40.2 Å². The lowest BCUT2D eigenvalue weighted by Crippen LogP contribution is -2.76. The highest BCUT2D eigenvalue weighted by atomic mass is 16.5. The zero-order chi connectivity index (χ0) is 33.7. The molecule has 11 nitrogen and oxygen atoms in total. The molecule has 0 saturated heterocycles. The Labute approximate surface area is 273 Å². The van der Waals surface area contributed by atoms with E-state index >= 15 is 0 Å². The number of rotatable bonds is 19. The fourth-order valence-electron chi connectivity index (χ4n) is 7.56. The molecular formula is C35H55N5O6. The molecule has 46 heavy (non-hydrogen) atoms. The topological polar surface area (TPSA) is 211 Å². The van der Waals surface area contributed by atoms with Gasteiger partial charge in [0, 0.05) is 0 Å². The van der Waals surface area contributed by atoms with E-state index in [2.05, 4.69) is 5.32 Å². The largest absolute Gasteiger partial charge is 0.486 e. The molecule has 1 aromatic rings. The number of benzene rings is 1. The van der Waals surface area contributed by atoms with E-state index < -0.39 is 64.9 Å². The molecule has 11 heteroatoms. The minimum Gasteiger partial charge on any atom is -0.486 e. The summed E-state index contributed by atoms with van der Waals surface area (Å²) in [5.74, 6) is -3.21. The Morgan fingerprint density at radius 3 is 2.11 bits per heavy atom. The summed E-state index contributed by atoms with van der Waals surface area (Å²) < 4.78 is 5.84. The van der Waals surface area contributed by atoms with Crippen LogP contribution in [-0.2, 0) is 24.0 Å². The van der Waals surface area contributed by atoms with Crippen molar-refractivity contribution >= 4 is 29.5 Å². The van der Waals surface area contributed by atoms with Crippen molar-refractivity contribution in [2.45, 2.75) is 120 Å². The summed E-state index contributed by atoms with van der Waals surface area (Å²) in [6, 6.07) is 5.22. The average molecular weight is 642 g/mol. The number of ketones is 3. The Balaban J connectivity index is 2.07. The first kappa shape index (κ1) is 37.5. The molecule has 9 N–H and O–H groups in total. The number of hydrogen-bond donors (Lipinski definition) is 5. The highest BCUT2D eigenvalue weighted by Crippen LogP contribution is 2.48. The highest BCUT2D eigenvalue weighted by Gasteiger charge is 2.67. The van der Waals surface area contributed by atoms with Crippen LogP contribution in [0.25, 0.3) is 0 Å². The molecule has 2 aliphatic carbocycles. The van der Waals surface area contributed by atoms with E-state index in [1.807, 2.05) is 0 Å². The fourth-order valence-corrected chi connectivity index (χ4v) is 7.56. The van der Waals surface area contributed by atoms with Crippen LogP contribution in [0, 0.1) is 17.3 Å². The number of Topliss-reactive ketones (excluding diaryl/α,β-unsaturated/α-hetero) is 3. The molecule has 2 saturated carbocycles. The molecule has 2 aliphatic rings. The van der Waals surface area contributed by atoms with Crippen LogP contribution < -0.4 is 33.0 Å². The van der Waals surface area contributed by atoms with Crippen LogP contribution in [0.5, 0.6) is 5.75 Å². The van der Waals surface area contributed by atoms with E-state index in [1.165, 1.54) is 6.92 Å². The average Bonchev–Trinajstić information content (AvgIpc) is 3.08. The first-order chi connectivity index (χ1) is 22.0. The summed E-state index contributed by atoms with van der Waals surface area (Å²) in [6.45, 7) is 1.29. The number of unbranched alkanes of at least 4 members (excludes halogenated alkanes) is 1. The number of para-hydroxylation sites is 1. The predicted octanol–water partition coefficient (Wildman–Crippen LogP) is 2.49. The molecule has 5 atom stereocenters. The first-order valence-corrected chi connectivity index (χ1v) is 17.1. The smallest absolute Gasteiger partial charge is 0.237 e. The lowest BCUT2D eigenvalue weighted by molar-refractivity contribution is -0.163. The van der Waals surface area contributed by atoms with E-state index in [0.29, 0.717) is 63.7 Å². The van der Waals surface area contributed by atoms with Crippen molar-refractivity contribution in [3.63, 3.8) is 0 Å². The Hall–Kier alpha value is -2.99. The van der Waals surface area contributed by atoms with Crippen LogP contribution in [0.3, 0.4) is 0 Å². The molecule has 0 heterocycles. The summed E-state index contributed by atoms with van der Waals surface area (Å²) in [5, 5.41) is 2.66. The second kappa shape index (κ2) is 17.8. The Bertz CT molecular complexity index is 1170. The van der Waals surface area contributed by atoms with Gasteiger partial charge in [-0.1, -0.05) is 76.0 Å². The summed E-state index contributed by atoms with van der Waals surface area (Å²) in [6.07, 6.45) is 10.2. The van der Waals surface area contributed by atoms with Gasteiger partial charge in [0.25, 0.3) is 0 Å². The lowest BCUT2D eigenvalue weighted by atomic mass is 9.52. The number of carbonyl (C=O) groups is 5. The van der Waals surface area contributed by atoms with E-state index in [0.717, 1.165) is 38.5 Å². The van der Waals surface area contributed by atoms with Crippen LogP contribution in [0.2, 0.25) is 0 Å². The lowest BCUT2D eigenvalue weighted by Gasteiger charge is -2.49. The van der Waals surface area contributed by atoms with Crippen molar-refractivity contribution in [1.82, 2.24) is 5.32 Å². The highest BCUT2D eigenvalue weighted by molar-refractivity contribution is 6.22. The molecule has 2 fully saturated rings. The van der Waals surface area contributed by atoms with Gasteiger partial charge in [0.1, 0.15) is 24.1 Å². The van der Waals surface area contributed by atoms with Gasteiger partial charge < -0.3 is 37.8 Å². The van der Waals surface area contributed by atoms with Gasteiger partial charge in [-0.2, -0.15) is 0 Å². The quantitative estimate of drug-likeness (QED) is 0.0846. The Morgan fingerprint density at radius 2 is 1.52 bits per heavy atom. The third-order valence-corrected chi connectivity index (χ3v) is 10.1. The summed E-state index contributed by atoms with van der Waals surface area (Å²) in [7, 11) is 0. The molecule has 1 unspecified atom stereocenters. The normalized spacial score (nSPS) is 20.7. The van der Waals surface area contributed by atoms with Crippen molar-refractivity contribution in [1.29, 1.82) is 0 Å². The van der Waals surface area contributed by atoms with Crippen LogP contribution in [-0.4, -0.2) is 66.4 Å². The Morgan fingerprint density at radius 1 is 0.913 bits per heavy atom. The van der Waals surface area contributed by atoms with Gasteiger partial charge in [0.15, 0.2) is 22.9 Å². The van der Waals surface area contributed by atoms with Crippen molar-refractivity contribution in [3.8, 4) is 5.75 Å². The standard InChI is InChI=1S/C35H55N5O6/c1-24(40-33(45)28(37)19-11-12-20-36)31(43)35(26-15-7-3-8-16-26,30(42)22-46-27-17-9-4-10-18-27)34(39,23-41)32(44)29(38)21-25-13-5-2-6-14-25/h4,9-10,17-18,23-26,28-29H,2-3,5-8,11-16,19-22,36-39H2,1H3,(H,40,45)/t24-,28-,29-,34-,35?/m0/s1. The molecule has 0 aromatic heterocycles. The van der Waals surface area contributed by atoms with E-state index in [9.17, 15) is 24.0 Å². The van der Waals surface area contributed by atoms with Gasteiger partial charge >= 0.3 is 0 Å².